The number of nitrogens with zero attached hydrogens (tertiary/aromatic N) is 1. The predicted molar refractivity (Wildman–Crippen MR) is 79.0 cm³/mol. The molecular weight excluding hydrogens is 254 g/mol. The van der Waals surface area contributed by atoms with Crippen LogP contribution in [0.15, 0.2) is 30.6 Å². The maximum absolute atomic E-state index is 5.75. The Morgan fingerprint density at radius 2 is 2.05 bits per heavy atom. The van der Waals surface area contributed by atoms with Crippen LogP contribution in [0.2, 0.25) is 0 Å². The molecular formula is C15H19N3S. The number of hydrazine groups is 1. The van der Waals surface area contributed by atoms with Gasteiger partial charge in [0, 0.05) is 22.1 Å². The number of pyridine rings is 1. The molecule has 19 heavy (non-hydrogen) atoms. The molecule has 1 aliphatic rings. The van der Waals surface area contributed by atoms with Gasteiger partial charge in [-0.15, -0.1) is 11.3 Å². The highest BCUT2D eigenvalue weighted by atomic mass is 32.1. The van der Waals surface area contributed by atoms with Crippen LogP contribution in [0.1, 0.15) is 39.8 Å². The molecule has 100 valence electrons. The molecule has 0 radical (unpaired) electrons. The first-order valence-corrected chi connectivity index (χ1v) is 7.65. The van der Waals surface area contributed by atoms with Crippen molar-refractivity contribution < 1.29 is 0 Å². The zero-order valence-corrected chi connectivity index (χ0v) is 11.7. The number of rotatable bonds is 4. The summed E-state index contributed by atoms with van der Waals surface area (Å²) in [5.74, 6) is 5.75. The van der Waals surface area contributed by atoms with E-state index < -0.39 is 0 Å². The van der Waals surface area contributed by atoms with Crippen LogP contribution in [0.25, 0.3) is 0 Å². The van der Waals surface area contributed by atoms with Gasteiger partial charge in [0.05, 0.1) is 6.04 Å². The molecule has 0 saturated carbocycles. The van der Waals surface area contributed by atoms with Crippen molar-refractivity contribution in [3.63, 3.8) is 0 Å². The molecule has 0 spiro atoms. The number of aromatic nitrogens is 1. The summed E-state index contributed by atoms with van der Waals surface area (Å²) in [4.78, 5) is 6.99. The van der Waals surface area contributed by atoms with Gasteiger partial charge in [-0.3, -0.25) is 16.3 Å². The van der Waals surface area contributed by atoms with Crippen molar-refractivity contribution in [2.24, 2.45) is 5.84 Å². The van der Waals surface area contributed by atoms with Crippen LogP contribution in [-0.2, 0) is 19.3 Å². The highest BCUT2D eigenvalue weighted by Gasteiger charge is 2.18. The van der Waals surface area contributed by atoms with Crippen LogP contribution in [0, 0.1) is 0 Å². The fourth-order valence-electron chi connectivity index (χ4n) is 2.68. The summed E-state index contributed by atoms with van der Waals surface area (Å²) < 4.78 is 0. The van der Waals surface area contributed by atoms with Crippen molar-refractivity contribution in [2.75, 3.05) is 0 Å². The number of thiophene rings is 1. The van der Waals surface area contributed by atoms with Gasteiger partial charge in [0.2, 0.25) is 0 Å². The topological polar surface area (TPSA) is 50.9 Å². The molecule has 2 aromatic heterocycles. The fraction of sp³-hybridized carbons (Fsp3) is 0.400. The van der Waals surface area contributed by atoms with Crippen molar-refractivity contribution >= 4 is 11.3 Å². The van der Waals surface area contributed by atoms with Crippen molar-refractivity contribution in [1.82, 2.24) is 10.4 Å². The van der Waals surface area contributed by atoms with Gasteiger partial charge in [0.25, 0.3) is 0 Å². The molecule has 0 aromatic carbocycles. The lowest BCUT2D eigenvalue weighted by atomic mass is 9.98. The Bertz CT molecular complexity index is 512. The summed E-state index contributed by atoms with van der Waals surface area (Å²) in [5, 5.41) is 0. The largest absolute Gasteiger partial charge is 0.271 e. The molecule has 1 aliphatic carbocycles. The monoisotopic (exact) mass is 273 g/mol. The Morgan fingerprint density at radius 3 is 2.79 bits per heavy atom. The van der Waals surface area contributed by atoms with E-state index in [0.29, 0.717) is 0 Å². The maximum atomic E-state index is 5.75. The van der Waals surface area contributed by atoms with Gasteiger partial charge < -0.3 is 0 Å². The van der Waals surface area contributed by atoms with E-state index in [-0.39, 0.29) is 6.04 Å². The summed E-state index contributed by atoms with van der Waals surface area (Å²) in [6.07, 6.45) is 9.72. The van der Waals surface area contributed by atoms with Crippen molar-refractivity contribution in [1.29, 1.82) is 0 Å². The highest BCUT2D eigenvalue weighted by molar-refractivity contribution is 7.12. The molecule has 2 aromatic rings. The van der Waals surface area contributed by atoms with E-state index in [1.807, 2.05) is 23.7 Å². The minimum atomic E-state index is 0.206. The first-order valence-electron chi connectivity index (χ1n) is 6.83. The Balaban J connectivity index is 1.80. The molecule has 1 atom stereocenters. The van der Waals surface area contributed by atoms with E-state index in [2.05, 4.69) is 28.6 Å². The number of nitrogens with two attached hydrogens (primary N) is 1. The van der Waals surface area contributed by atoms with Crippen LogP contribution >= 0.6 is 11.3 Å². The van der Waals surface area contributed by atoms with E-state index in [1.54, 1.807) is 10.4 Å². The third-order valence-electron chi connectivity index (χ3n) is 3.75. The van der Waals surface area contributed by atoms with Crippen LogP contribution < -0.4 is 11.3 Å². The first kappa shape index (κ1) is 12.8. The third kappa shape index (κ3) is 2.86. The minimum absolute atomic E-state index is 0.206. The van der Waals surface area contributed by atoms with Gasteiger partial charge in [-0.05, 0) is 61.4 Å². The maximum Gasteiger partial charge on any atom is 0.0593 e. The van der Waals surface area contributed by atoms with Crippen molar-refractivity contribution in [3.05, 3.63) is 51.5 Å². The summed E-state index contributed by atoms with van der Waals surface area (Å²) in [7, 11) is 0. The summed E-state index contributed by atoms with van der Waals surface area (Å²) >= 11 is 1.93. The van der Waals surface area contributed by atoms with E-state index in [1.165, 1.54) is 36.1 Å². The standard InChI is InChI=1S/C15H19N3S/c16-18-13(9-11-5-7-17-8-6-11)15-10-12-3-1-2-4-14(12)19-15/h5-8,10,13,18H,1-4,9,16H2. The molecule has 3 nitrogen and oxygen atoms in total. The number of hydrogen-bond acceptors (Lipinski definition) is 4. The van der Waals surface area contributed by atoms with Crippen LogP contribution in [0.4, 0.5) is 0 Å². The number of nitrogens with one attached hydrogen (secondary N) is 1. The first-order chi connectivity index (χ1) is 9.36. The quantitative estimate of drug-likeness (QED) is 0.665. The van der Waals surface area contributed by atoms with Gasteiger partial charge in [0.15, 0.2) is 0 Å². The normalized spacial score (nSPS) is 16.1. The van der Waals surface area contributed by atoms with Gasteiger partial charge in [0.1, 0.15) is 0 Å². The average molecular weight is 273 g/mol. The van der Waals surface area contributed by atoms with E-state index in [0.717, 1.165) is 6.42 Å². The average Bonchev–Trinajstić information content (AvgIpc) is 2.89. The predicted octanol–water partition coefficient (Wildman–Crippen LogP) is 2.77. The lowest BCUT2D eigenvalue weighted by Gasteiger charge is -2.14. The second kappa shape index (κ2) is 5.82. The van der Waals surface area contributed by atoms with Crippen LogP contribution in [0.3, 0.4) is 0 Å². The molecule has 0 amide bonds. The van der Waals surface area contributed by atoms with Crippen molar-refractivity contribution in [3.8, 4) is 0 Å². The second-order valence-corrected chi connectivity index (χ2v) is 6.25. The Morgan fingerprint density at radius 1 is 1.26 bits per heavy atom. The molecule has 0 fully saturated rings. The summed E-state index contributed by atoms with van der Waals surface area (Å²) in [5.41, 5.74) is 5.78. The molecule has 3 N–H and O–H groups in total. The number of aryl methyl sites for hydroxylation is 2. The van der Waals surface area contributed by atoms with Gasteiger partial charge in [-0.2, -0.15) is 0 Å². The third-order valence-corrected chi connectivity index (χ3v) is 5.10. The Labute approximate surface area is 117 Å². The van der Waals surface area contributed by atoms with E-state index >= 15 is 0 Å². The van der Waals surface area contributed by atoms with Crippen LogP contribution in [-0.4, -0.2) is 4.98 Å². The molecule has 1 unspecified atom stereocenters. The second-order valence-electron chi connectivity index (χ2n) is 5.08. The molecule has 2 heterocycles. The molecule has 0 aliphatic heterocycles. The number of fused-ring (bicyclic) bond motifs is 1. The lowest BCUT2D eigenvalue weighted by Crippen LogP contribution is -2.28. The zero-order chi connectivity index (χ0) is 13.1. The van der Waals surface area contributed by atoms with Gasteiger partial charge in [-0.25, -0.2) is 0 Å². The molecule has 4 heteroatoms. The smallest absolute Gasteiger partial charge is 0.0593 e. The van der Waals surface area contributed by atoms with E-state index in [4.69, 9.17) is 5.84 Å². The Hall–Kier alpha value is -1.23. The van der Waals surface area contributed by atoms with E-state index in [9.17, 15) is 0 Å². The fourth-order valence-corrected chi connectivity index (χ4v) is 4.00. The van der Waals surface area contributed by atoms with Gasteiger partial charge in [-0.1, -0.05) is 0 Å². The summed E-state index contributed by atoms with van der Waals surface area (Å²) in [6, 6.07) is 6.67. The number of hydrogen-bond donors (Lipinski definition) is 2. The molecule has 0 saturated heterocycles. The molecule has 3 rings (SSSR count). The highest BCUT2D eigenvalue weighted by Crippen LogP contribution is 2.33. The van der Waals surface area contributed by atoms with Gasteiger partial charge >= 0.3 is 0 Å². The zero-order valence-electron chi connectivity index (χ0n) is 10.9. The lowest BCUT2D eigenvalue weighted by molar-refractivity contribution is 0.560. The molecule has 0 bridgehead atoms. The summed E-state index contributed by atoms with van der Waals surface area (Å²) in [6.45, 7) is 0. The van der Waals surface area contributed by atoms with Crippen molar-refractivity contribution in [2.45, 2.75) is 38.1 Å². The minimum Gasteiger partial charge on any atom is -0.271 e. The Kier molecular flexibility index (Phi) is 3.92. The van der Waals surface area contributed by atoms with Crippen LogP contribution in [0.5, 0.6) is 0 Å². The SMILES string of the molecule is NNC(Cc1ccncc1)c1cc2c(s1)CCCC2.